The summed E-state index contributed by atoms with van der Waals surface area (Å²) in [6.45, 7) is 2.88. The zero-order chi connectivity index (χ0) is 29.0. The summed E-state index contributed by atoms with van der Waals surface area (Å²) in [5, 5.41) is 83.1. The molecule has 3 aromatic rings. The summed E-state index contributed by atoms with van der Waals surface area (Å²) < 4.78 is 23.2. The highest BCUT2D eigenvalue weighted by molar-refractivity contribution is 5.89. The molecule has 1 aromatic heterocycles. The van der Waals surface area contributed by atoms with Gasteiger partial charge in [0.15, 0.2) is 17.3 Å². The van der Waals surface area contributed by atoms with Crippen LogP contribution >= 0.6 is 0 Å². The molecule has 216 valence electrons. The van der Waals surface area contributed by atoms with Crippen LogP contribution in [0.5, 0.6) is 17.2 Å². The molecule has 40 heavy (non-hydrogen) atoms. The number of rotatable bonds is 4. The van der Waals surface area contributed by atoms with Gasteiger partial charge in [0, 0.05) is 17.7 Å². The highest BCUT2D eigenvalue weighted by Gasteiger charge is 2.50. The third-order valence-electron chi connectivity index (χ3n) is 7.36. The van der Waals surface area contributed by atoms with E-state index in [1.807, 2.05) is 0 Å². The van der Waals surface area contributed by atoms with Gasteiger partial charge in [-0.3, -0.25) is 4.79 Å². The van der Waals surface area contributed by atoms with Crippen LogP contribution in [0.15, 0.2) is 45.6 Å². The van der Waals surface area contributed by atoms with E-state index in [1.54, 1.807) is 0 Å². The van der Waals surface area contributed by atoms with Crippen LogP contribution in [0.1, 0.15) is 25.5 Å². The first kappa shape index (κ1) is 28.3. The van der Waals surface area contributed by atoms with Gasteiger partial charge in [0.1, 0.15) is 71.1 Å². The SMILES string of the molecule is C[C@@H]1O[C@@H](O[C@@H]2[C@@H](O)[C@H](O)[C@@H](C)O[C@H]2c2c(O)cc(O)c3c(=O)cc(-c4ccc(O)cc4)oc23)[C@H](O)[C@H](O)[C@H]1O. The number of phenols is 3. The van der Waals surface area contributed by atoms with Gasteiger partial charge in [0.25, 0.3) is 0 Å². The standard InChI is InChI=1S/C27H30O13/c1-9-20(33)22(35)26(40-27-23(36)21(34)19(32)10(2)38-27)25(37-9)18-14(30)7-13(29)17-15(31)8-16(39-24(17)18)11-3-5-12(28)6-4-11/h3-10,19-23,25-30,32-36H,1-2H3/t9-,10+,19+,20-,21-,22+,23-,25+,26-,27+/m1/s1. The fourth-order valence-electron chi connectivity index (χ4n) is 5.07. The largest absolute Gasteiger partial charge is 0.508 e. The fraction of sp³-hybridized carbons (Fsp3) is 0.444. The Morgan fingerprint density at radius 3 is 2.05 bits per heavy atom. The summed E-state index contributed by atoms with van der Waals surface area (Å²) in [4.78, 5) is 13.1. The van der Waals surface area contributed by atoms with Crippen molar-refractivity contribution in [3.05, 3.63) is 52.2 Å². The summed E-state index contributed by atoms with van der Waals surface area (Å²) in [6, 6.07) is 7.72. The number of phenolic OH excluding ortho intramolecular Hbond substituents is 3. The third kappa shape index (κ3) is 4.80. The van der Waals surface area contributed by atoms with Crippen LogP contribution in [-0.4, -0.2) is 96.0 Å². The van der Waals surface area contributed by atoms with Crippen molar-refractivity contribution >= 4 is 11.0 Å². The molecule has 13 heteroatoms. The highest BCUT2D eigenvalue weighted by Crippen LogP contribution is 2.45. The first-order chi connectivity index (χ1) is 18.9. The van der Waals surface area contributed by atoms with Gasteiger partial charge in [0.05, 0.1) is 17.8 Å². The average molecular weight is 563 g/mol. The lowest BCUT2D eigenvalue weighted by Gasteiger charge is -2.46. The van der Waals surface area contributed by atoms with Crippen LogP contribution in [0.3, 0.4) is 0 Å². The monoisotopic (exact) mass is 562 g/mol. The molecule has 0 unspecified atom stereocenters. The Kier molecular flexibility index (Phi) is 7.50. The predicted molar refractivity (Wildman–Crippen MR) is 135 cm³/mol. The Hall–Kier alpha value is -3.27. The van der Waals surface area contributed by atoms with Gasteiger partial charge in [-0.25, -0.2) is 0 Å². The first-order valence-electron chi connectivity index (χ1n) is 12.6. The smallest absolute Gasteiger partial charge is 0.197 e. The summed E-state index contributed by atoms with van der Waals surface area (Å²) in [5.41, 5.74) is -0.822. The minimum Gasteiger partial charge on any atom is -0.508 e. The summed E-state index contributed by atoms with van der Waals surface area (Å²) in [7, 11) is 0. The molecule has 0 aliphatic carbocycles. The maximum Gasteiger partial charge on any atom is 0.197 e. The van der Waals surface area contributed by atoms with Crippen LogP contribution in [0.25, 0.3) is 22.3 Å². The highest BCUT2D eigenvalue weighted by atomic mass is 16.7. The Morgan fingerprint density at radius 2 is 1.38 bits per heavy atom. The lowest BCUT2D eigenvalue weighted by Crippen LogP contribution is -2.61. The molecule has 3 heterocycles. The van der Waals surface area contributed by atoms with Crippen molar-refractivity contribution in [2.24, 2.45) is 0 Å². The van der Waals surface area contributed by atoms with E-state index in [0.29, 0.717) is 5.56 Å². The van der Waals surface area contributed by atoms with Crippen molar-refractivity contribution in [1.29, 1.82) is 0 Å². The minimum absolute atomic E-state index is 0.0163. The van der Waals surface area contributed by atoms with Crippen molar-refractivity contribution in [2.45, 2.75) is 75.1 Å². The van der Waals surface area contributed by atoms with E-state index in [4.69, 9.17) is 18.6 Å². The van der Waals surface area contributed by atoms with Gasteiger partial charge >= 0.3 is 0 Å². The van der Waals surface area contributed by atoms with Gasteiger partial charge in [-0.05, 0) is 38.1 Å². The second-order valence-electron chi connectivity index (χ2n) is 10.1. The number of hydrogen-bond acceptors (Lipinski definition) is 13. The lowest BCUT2D eigenvalue weighted by atomic mass is 9.89. The van der Waals surface area contributed by atoms with Gasteiger partial charge in [-0.2, -0.15) is 0 Å². The molecular formula is C27H30O13. The number of aliphatic hydroxyl groups excluding tert-OH is 5. The molecule has 0 radical (unpaired) electrons. The van der Waals surface area contributed by atoms with Crippen LogP contribution in [0.2, 0.25) is 0 Å². The van der Waals surface area contributed by atoms with Crippen molar-refractivity contribution in [3.63, 3.8) is 0 Å². The number of hydrogen-bond donors (Lipinski definition) is 8. The Balaban J connectivity index is 1.65. The molecule has 0 spiro atoms. The lowest BCUT2D eigenvalue weighted by molar-refractivity contribution is -0.336. The summed E-state index contributed by atoms with van der Waals surface area (Å²) in [6.07, 6.45) is -14.7. The molecule has 8 N–H and O–H groups in total. The normalized spacial score (nSPS) is 34.7. The van der Waals surface area contributed by atoms with Gasteiger partial charge < -0.3 is 59.5 Å². The van der Waals surface area contributed by atoms with Crippen molar-refractivity contribution in [2.75, 3.05) is 0 Å². The van der Waals surface area contributed by atoms with E-state index in [9.17, 15) is 45.6 Å². The quantitative estimate of drug-likeness (QED) is 0.210. The Labute approximate surface area is 226 Å². The number of aromatic hydroxyl groups is 3. The zero-order valence-corrected chi connectivity index (χ0v) is 21.4. The molecule has 10 atom stereocenters. The maximum absolute atomic E-state index is 13.1. The molecule has 2 aromatic carbocycles. The molecule has 5 rings (SSSR count). The molecular weight excluding hydrogens is 532 g/mol. The zero-order valence-electron chi connectivity index (χ0n) is 21.4. The molecule has 2 aliphatic heterocycles. The minimum atomic E-state index is -1.76. The number of ether oxygens (including phenoxy) is 3. The van der Waals surface area contributed by atoms with Crippen molar-refractivity contribution in [1.82, 2.24) is 0 Å². The van der Waals surface area contributed by atoms with Crippen LogP contribution in [-0.2, 0) is 14.2 Å². The molecule has 0 amide bonds. The number of benzene rings is 2. The van der Waals surface area contributed by atoms with Crippen LogP contribution in [0, 0.1) is 0 Å². The summed E-state index contributed by atoms with van der Waals surface area (Å²) >= 11 is 0. The molecule has 2 fully saturated rings. The fourth-order valence-corrected chi connectivity index (χ4v) is 5.07. The van der Waals surface area contributed by atoms with E-state index >= 15 is 0 Å². The van der Waals surface area contributed by atoms with Crippen LogP contribution in [0.4, 0.5) is 0 Å². The molecule has 13 nitrogen and oxygen atoms in total. The van der Waals surface area contributed by atoms with E-state index < -0.39 is 78.2 Å². The first-order valence-corrected chi connectivity index (χ1v) is 12.6. The molecule has 2 saturated heterocycles. The molecule has 2 aliphatic rings. The van der Waals surface area contributed by atoms with Crippen molar-refractivity contribution < 1.29 is 59.5 Å². The van der Waals surface area contributed by atoms with E-state index in [-0.39, 0.29) is 28.0 Å². The van der Waals surface area contributed by atoms with Crippen molar-refractivity contribution in [3.8, 4) is 28.6 Å². The average Bonchev–Trinajstić information content (AvgIpc) is 2.90. The Bertz CT molecular complexity index is 1440. The van der Waals surface area contributed by atoms with Gasteiger partial charge in [-0.1, -0.05) is 0 Å². The number of fused-ring (bicyclic) bond motifs is 1. The predicted octanol–water partition coefficient (Wildman–Crippen LogP) is -0.0289. The topological polar surface area (TPSA) is 220 Å². The Morgan fingerprint density at radius 1 is 0.750 bits per heavy atom. The van der Waals surface area contributed by atoms with E-state index in [1.165, 1.54) is 38.1 Å². The van der Waals surface area contributed by atoms with Gasteiger partial charge in [-0.15, -0.1) is 0 Å². The second-order valence-corrected chi connectivity index (χ2v) is 10.1. The molecule has 0 bridgehead atoms. The van der Waals surface area contributed by atoms with Crippen LogP contribution < -0.4 is 5.43 Å². The summed E-state index contributed by atoms with van der Waals surface area (Å²) in [5.74, 6) is -1.21. The molecule has 0 saturated carbocycles. The maximum atomic E-state index is 13.1. The number of aliphatic hydroxyl groups is 5. The van der Waals surface area contributed by atoms with Gasteiger partial charge in [0.2, 0.25) is 0 Å². The van der Waals surface area contributed by atoms with E-state index in [2.05, 4.69) is 0 Å². The third-order valence-corrected chi connectivity index (χ3v) is 7.36. The second kappa shape index (κ2) is 10.6. The van der Waals surface area contributed by atoms with E-state index in [0.717, 1.165) is 12.1 Å².